The third kappa shape index (κ3) is 5.23. The smallest absolute Gasteiger partial charge is 0.253 e. The van der Waals surface area contributed by atoms with Crippen molar-refractivity contribution in [2.45, 2.75) is 58.9 Å². The van der Waals surface area contributed by atoms with Crippen molar-refractivity contribution in [3.8, 4) is 17.1 Å². The third-order valence-corrected chi connectivity index (χ3v) is 7.33. The van der Waals surface area contributed by atoms with Crippen LogP contribution in [0.2, 0.25) is 0 Å². The van der Waals surface area contributed by atoms with E-state index in [1.165, 1.54) is 37.7 Å². The molecule has 1 aliphatic rings. The number of aryl methyl sites for hydroxylation is 2. The number of nitrogens with zero attached hydrogens (tertiary/aromatic N) is 2. The molecule has 4 rings (SSSR count). The molecule has 0 atom stereocenters. The molecule has 32 heavy (non-hydrogen) atoms. The summed E-state index contributed by atoms with van der Waals surface area (Å²) in [6.45, 7) is 5.64. The zero-order valence-electron chi connectivity index (χ0n) is 19.3. The first-order valence-corrected chi connectivity index (χ1v) is 12.5. The number of methoxy groups -OCH3 is 1. The molecule has 1 fully saturated rings. The van der Waals surface area contributed by atoms with E-state index in [1.54, 1.807) is 18.4 Å². The molecular weight excluding hydrogens is 418 g/mol. The zero-order chi connectivity index (χ0) is 22.5. The Hall–Kier alpha value is -2.60. The summed E-state index contributed by atoms with van der Waals surface area (Å²) in [7, 11) is 1.68. The minimum atomic E-state index is 0.0319. The highest BCUT2D eigenvalue weighted by atomic mass is 32.1. The lowest BCUT2D eigenvalue weighted by molar-refractivity contribution is 0.0943. The van der Waals surface area contributed by atoms with Crippen molar-refractivity contribution in [3.05, 3.63) is 57.5 Å². The Bertz CT molecular complexity index is 1050. The summed E-state index contributed by atoms with van der Waals surface area (Å²) in [4.78, 5) is 17.8. The fraction of sp³-hybridized carbons (Fsp3) is 0.462. The van der Waals surface area contributed by atoms with E-state index < -0.39 is 0 Å². The topological polar surface area (TPSA) is 56.2 Å². The molecule has 1 amide bonds. The Morgan fingerprint density at radius 1 is 1.19 bits per heavy atom. The molecule has 170 valence electrons. The molecule has 5 nitrogen and oxygen atoms in total. The van der Waals surface area contributed by atoms with E-state index in [4.69, 9.17) is 9.72 Å². The second-order valence-electron chi connectivity index (χ2n) is 8.74. The van der Waals surface area contributed by atoms with Gasteiger partial charge in [0.25, 0.3) is 5.91 Å². The van der Waals surface area contributed by atoms with Crippen LogP contribution < -0.4 is 10.1 Å². The van der Waals surface area contributed by atoms with Gasteiger partial charge in [-0.25, -0.2) is 4.98 Å². The fourth-order valence-electron chi connectivity index (χ4n) is 4.61. The predicted octanol–water partition coefficient (Wildman–Crippen LogP) is 5.79. The first-order chi connectivity index (χ1) is 15.5. The van der Waals surface area contributed by atoms with Crippen LogP contribution in [0.25, 0.3) is 11.4 Å². The minimum Gasteiger partial charge on any atom is -0.497 e. The molecule has 3 aromatic rings. The van der Waals surface area contributed by atoms with Crippen LogP contribution in [-0.4, -0.2) is 29.1 Å². The highest BCUT2D eigenvalue weighted by Crippen LogP contribution is 2.28. The molecule has 0 unspecified atom stereocenters. The fourth-order valence-corrected chi connectivity index (χ4v) is 5.22. The van der Waals surface area contributed by atoms with Crippen molar-refractivity contribution in [1.29, 1.82) is 0 Å². The molecule has 1 aromatic carbocycles. The number of rotatable bonds is 8. The van der Waals surface area contributed by atoms with Crippen LogP contribution in [0, 0.1) is 19.8 Å². The molecule has 6 heteroatoms. The van der Waals surface area contributed by atoms with Gasteiger partial charge in [-0.05, 0) is 62.8 Å². The van der Waals surface area contributed by atoms with E-state index in [1.807, 2.05) is 32.0 Å². The second kappa shape index (κ2) is 10.3. The lowest BCUT2D eigenvalue weighted by atomic mass is 9.89. The van der Waals surface area contributed by atoms with Gasteiger partial charge in [0.1, 0.15) is 5.75 Å². The van der Waals surface area contributed by atoms with Gasteiger partial charge in [0.15, 0.2) is 0 Å². The highest BCUT2D eigenvalue weighted by molar-refractivity contribution is 7.09. The molecular formula is C26H33N3O2S. The summed E-state index contributed by atoms with van der Waals surface area (Å²) in [6, 6.07) is 10.2. The van der Waals surface area contributed by atoms with E-state index in [2.05, 4.69) is 27.4 Å². The van der Waals surface area contributed by atoms with Gasteiger partial charge in [0.2, 0.25) is 0 Å². The number of hydrogen-bond acceptors (Lipinski definition) is 4. The lowest BCUT2D eigenvalue weighted by Crippen LogP contribution is -2.30. The van der Waals surface area contributed by atoms with Gasteiger partial charge in [0, 0.05) is 24.2 Å². The van der Waals surface area contributed by atoms with Crippen LogP contribution in [0.1, 0.15) is 58.7 Å². The largest absolute Gasteiger partial charge is 0.497 e. The number of carbonyl (C=O) groups excluding carboxylic acids is 1. The second-order valence-corrected chi connectivity index (χ2v) is 9.81. The van der Waals surface area contributed by atoms with Crippen molar-refractivity contribution in [3.63, 3.8) is 0 Å². The third-order valence-electron chi connectivity index (χ3n) is 6.55. The van der Waals surface area contributed by atoms with Gasteiger partial charge in [-0.1, -0.05) is 31.4 Å². The molecule has 2 heterocycles. The molecule has 0 radical (unpaired) electrons. The normalized spacial score (nSPS) is 14.5. The molecule has 0 saturated heterocycles. The first-order valence-electron chi connectivity index (χ1n) is 11.6. The Labute approximate surface area is 194 Å². The number of hydrogen-bond donors (Lipinski definition) is 1. The van der Waals surface area contributed by atoms with Gasteiger partial charge in [-0.15, -0.1) is 11.3 Å². The van der Waals surface area contributed by atoms with E-state index in [0.717, 1.165) is 52.9 Å². The van der Waals surface area contributed by atoms with Crippen molar-refractivity contribution in [1.82, 2.24) is 14.9 Å². The van der Waals surface area contributed by atoms with E-state index in [0.29, 0.717) is 5.92 Å². The van der Waals surface area contributed by atoms with E-state index >= 15 is 0 Å². The Morgan fingerprint density at radius 2 is 1.94 bits per heavy atom. The van der Waals surface area contributed by atoms with E-state index in [-0.39, 0.29) is 5.91 Å². The average molecular weight is 452 g/mol. The Kier molecular flexibility index (Phi) is 7.30. The van der Waals surface area contributed by atoms with Crippen molar-refractivity contribution in [2.75, 3.05) is 13.7 Å². The molecule has 0 aliphatic heterocycles. The van der Waals surface area contributed by atoms with Gasteiger partial charge in [-0.3, -0.25) is 4.79 Å². The van der Waals surface area contributed by atoms with Crippen molar-refractivity contribution in [2.24, 2.45) is 5.92 Å². The van der Waals surface area contributed by atoms with E-state index in [9.17, 15) is 4.79 Å². The number of nitrogens with one attached hydrogen (secondary N) is 1. The first kappa shape index (κ1) is 22.6. The van der Waals surface area contributed by atoms with Crippen LogP contribution in [0.5, 0.6) is 5.75 Å². The maximum atomic E-state index is 13.1. The summed E-state index contributed by atoms with van der Waals surface area (Å²) in [5.41, 5.74) is 4.96. The number of benzene rings is 1. The van der Waals surface area contributed by atoms with Crippen molar-refractivity contribution < 1.29 is 9.53 Å². The number of ether oxygens (including phenoxy) is 1. The van der Waals surface area contributed by atoms with Crippen LogP contribution in [0.4, 0.5) is 0 Å². The molecule has 0 bridgehead atoms. The molecule has 2 aromatic heterocycles. The van der Waals surface area contributed by atoms with Crippen molar-refractivity contribution >= 4 is 17.2 Å². The van der Waals surface area contributed by atoms with Gasteiger partial charge < -0.3 is 14.6 Å². The number of aromatic nitrogens is 2. The number of thiazole rings is 1. The Morgan fingerprint density at radius 3 is 2.59 bits per heavy atom. The maximum absolute atomic E-state index is 13.1. The SMILES string of the molecule is COc1ccc(CCn2c(-c3csc(C)n3)cc(C(=O)NCC3CCCCC3)c2C)cc1. The number of carbonyl (C=O) groups is 1. The zero-order valence-corrected chi connectivity index (χ0v) is 20.1. The summed E-state index contributed by atoms with van der Waals surface area (Å²) < 4.78 is 7.51. The van der Waals surface area contributed by atoms with Gasteiger partial charge in [-0.2, -0.15) is 0 Å². The molecule has 1 aliphatic carbocycles. The predicted molar refractivity (Wildman–Crippen MR) is 131 cm³/mol. The summed E-state index contributed by atoms with van der Waals surface area (Å²) in [5, 5.41) is 6.32. The summed E-state index contributed by atoms with van der Waals surface area (Å²) >= 11 is 1.64. The quantitative estimate of drug-likeness (QED) is 0.472. The molecule has 0 spiro atoms. The lowest BCUT2D eigenvalue weighted by Gasteiger charge is -2.21. The average Bonchev–Trinajstić information content (AvgIpc) is 3.40. The number of amides is 1. The van der Waals surface area contributed by atoms with Crippen LogP contribution in [-0.2, 0) is 13.0 Å². The molecule has 1 N–H and O–H groups in total. The maximum Gasteiger partial charge on any atom is 0.253 e. The van der Waals surface area contributed by atoms with Crippen LogP contribution >= 0.6 is 11.3 Å². The van der Waals surface area contributed by atoms with Crippen LogP contribution in [0.3, 0.4) is 0 Å². The van der Waals surface area contributed by atoms with Gasteiger partial charge in [0.05, 0.1) is 29.1 Å². The highest BCUT2D eigenvalue weighted by Gasteiger charge is 2.21. The monoisotopic (exact) mass is 451 g/mol. The van der Waals surface area contributed by atoms with Gasteiger partial charge >= 0.3 is 0 Å². The standard InChI is InChI=1S/C26H33N3O2S/c1-18-23(26(30)27-16-21-7-5-4-6-8-21)15-25(24-17-32-19(2)28-24)29(18)14-13-20-9-11-22(31-3)12-10-20/h9-12,15,17,21H,4-8,13-14,16H2,1-3H3,(H,27,30). The summed E-state index contributed by atoms with van der Waals surface area (Å²) in [6.07, 6.45) is 7.23. The minimum absolute atomic E-state index is 0.0319. The molecule has 1 saturated carbocycles. The Balaban J connectivity index is 1.54. The van der Waals surface area contributed by atoms with Crippen LogP contribution in [0.15, 0.2) is 35.7 Å². The summed E-state index contributed by atoms with van der Waals surface area (Å²) in [5.74, 6) is 1.51.